The number of ether oxygens (including phenoxy) is 1. The number of pyridine rings is 1. The van der Waals surface area contributed by atoms with Crippen LogP contribution in [-0.2, 0) is 11.3 Å². The third-order valence-electron chi connectivity index (χ3n) is 3.68. The number of halogens is 2. The Morgan fingerprint density at radius 3 is 2.94 bits per heavy atom. The number of aromatic nitrogens is 1. The van der Waals surface area contributed by atoms with Crippen molar-refractivity contribution in [3.8, 4) is 0 Å². The van der Waals surface area contributed by atoms with E-state index >= 15 is 0 Å². The highest BCUT2D eigenvalue weighted by atomic mass is 35.5. The molecular formula is C14H19Cl2NO. The van der Waals surface area contributed by atoms with Crippen molar-refractivity contribution in [2.45, 2.75) is 51.7 Å². The second kappa shape index (κ2) is 6.74. The summed E-state index contributed by atoms with van der Waals surface area (Å²) < 4.78 is 5.95. The maximum atomic E-state index is 6.10. The van der Waals surface area contributed by atoms with Crippen LogP contribution in [0.4, 0.5) is 0 Å². The molecule has 100 valence electrons. The zero-order valence-electron chi connectivity index (χ0n) is 10.7. The predicted octanol–water partition coefficient (Wildman–Crippen LogP) is 4.87. The summed E-state index contributed by atoms with van der Waals surface area (Å²) in [6.07, 6.45) is 8.28. The lowest BCUT2D eigenvalue weighted by atomic mass is 9.85. The molecule has 1 saturated carbocycles. The Morgan fingerprint density at radius 1 is 1.39 bits per heavy atom. The topological polar surface area (TPSA) is 22.1 Å². The second-order valence-electron chi connectivity index (χ2n) is 4.97. The average molecular weight is 288 g/mol. The van der Waals surface area contributed by atoms with E-state index in [0.717, 1.165) is 17.9 Å². The van der Waals surface area contributed by atoms with Crippen LogP contribution in [0.25, 0.3) is 0 Å². The Bertz CT molecular complexity index is 397. The van der Waals surface area contributed by atoms with Crippen LogP contribution in [0, 0.1) is 5.92 Å². The fourth-order valence-corrected chi connectivity index (χ4v) is 2.93. The summed E-state index contributed by atoms with van der Waals surface area (Å²) in [6, 6.07) is 1.66. The molecule has 1 aromatic rings. The van der Waals surface area contributed by atoms with Gasteiger partial charge in [0, 0.05) is 11.8 Å². The third-order valence-corrected chi connectivity index (χ3v) is 4.24. The highest BCUT2D eigenvalue weighted by Gasteiger charge is 2.21. The second-order valence-corrected chi connectivity index (χ2v) is 5.77. The van der Waals surface area contributed by atoms with Crippen molar-refractivity contribution >= 4 is 23.2 Å². The number of nitrogens with zero attached hydrogens (tertiary/aromatic N) is 1. The normalized spacial score (nSPS) is 24.2. The van der Waals surface area contributed by atoms with Crippen LogP contribution in [0.5, 0.6) is 0 Å². The monoisotopic (exact) mass is 287 g/mol. The van der Waals surface area contributed by atoms with Gasteiger partial charge in [0.1, 0.15) is 5.15 Å². The van der Waals surface area contributed by atoms with E-state index in [1.807, 2.05) is 0 Å². The summed E-state index contributed by atoms with van der Waals surface area (Å²) in [4.78, 5) is 4.04. The van der Waals surface area contributed by atoms with Gasteiger partial charge in [0.25, 0.3) is 0 Å². The lowest BCUT2D eigenvalue weighted by Gasteiger charge is -2.28. The summed E-state index contributed by atoms with van der Waals surface area (Å²) in [5, 5.41) is 1.06. The van der Waals surface area contributed by atoms with Crippen molar-refractivity contribution in [1.29, 1.82) is 0 Å². The van der Waals surface area contributed by atoms with Crippen molar-refractivity contribution in [1.82, 2.24) is 4.98 Å². The minimum absolute atomic E-state index is 0.371. The van der Waals surface area contributed by atoms with Gasteiger partial charge >= 0.3 is 0 Å². The molecule has 2 nitrogen and oxygen atoms in total. The van der Waals surface area contributed by atoms with Crippen LogP contribution in [0.15, 0.2) is 12.3 Å². The average Bonchev–Trinajstić information content (AvgIpc) is 2.38. The maximum absolute atomic E-state index is 6.10. The summed E-state index contributed by atoms with van der Waals surface area (Å²) in [6.45, 7) is 2.79. The van der Waals surface area contributed by atoms with Crippen LogP contribution < -0.4 is 0 Å². The largest absolute Gasteiger partial charge is 0.373 e. The van der Waals surface area contributed by atoms with Gasteiger partial charge in [-0.15, -0.1) is 0 Å². The molecule has 1 aromatic heterocycles. The first-order chi connectivity index (χ1) is 8.69. The molecule has 1 heterocycles. The smallest absolute Gasteiger partial charge is 0.130 e. The molecule has 0 N–H and O–H groups in total. The highest BCUT2D eigenvalue weighted by molar-refractivity contribution is 6.34. The molecule has 18 heavy (non-hydrogen) atoms. The lowest BCUT2D eigenvalue weighted by molar-refractivity contribution is 0.00170. The van der Waals surface area contributed by atoms with Crippen LogP contribution in [0.1, 0.15) is 44.6 Å². The molecule has 2 unspecified atom stereocenters. The van der Waals surface area contributed by atoms with Crippen LogP contribution in [0.2, 0.25) is 10.2 Å². The number of hydrogen-bond acceptors (Lipinski definition) is 2. The van der Waals surface area contributed by atoms with Crippen molar-refractivity contribution in [3.05, 3.63) is 28.0 Å². The maximum Gasteiger partial charge on any atom is 0.130 e. The highest BCUT2D eigenvalue weighted by Crippen LogP contribution is 2.29. The van der Waals surface area contributed by atoms with Crippen molar-refractivity contribution in [3.63, 3.8) is 0 Å². The Kier molecular flexibility index (Phi) is 5.28. The van der Waals surface area contributed by atoms with Gasteiger partial charge in [0.05, 0.1) is 17.7 Å². The van der Waals surface area contributed by atoms with E-state index in [4.69, 9.17) is 27.9 Å². The Morgan fingerprint density at radius 2 is 2.22 bits per heavy atom. The van der Waals surface area contributed by atoms with Gasteiger partial charge in [-0.2, -0.15) is 0 Å². The molecule has 0 amide bonds. The molecule has 0 bridgehead atoms. The summed E-state index contributed by atoms with van der Waals surface area (Å²) >= 11 is 11.9. The van der Waals surface area contributed by atoms with E-state index in [1.165, 1.54) is 25.7 Å². The van der Waals surface area contributed by atoms with Gasteiger partial charge in [-0.3, -0.25) is 0 Å². The Hall–Kier alpha value is -0.310. The van der Waals surface area contributed by atoms with E-state index in [-0.39, 0.29) is 0 Å². The van der Waals surface area contributed by atoms with Gasteiger partial charge < -0.3 is 4.74 Å². The van der Waals surface area contributed by atoms with Gasteiger partial charge in [0.2, 0.25) is 0 Å². The quantitative estimate of drug-likeness (QED) is 0.737. The molecule has 0 spiro atoms. The van der Waals surface area contributed by atoms with Crippen molar-refractivity contribution < 1.29 is 4.74 Å². The van der Waals surface area contributed by atoms with E-state index in [1.54, 1.807) is 12.3 Å². The first kappa shape index (κ1) is 14.1. The molecule has 4 heteroatoms. The molecule has 0 aliphatic heterocycles. The lowest BCUT2D eigenvalue weighted by Crippen LogP contribution is -2.22. The van der Waals surface area contributed by atoms with Crippen LogP contribution >= 0.6 is 23.2 Å². The Labute approximate surface area is 119 Å². The van der Waals surface area contributed by atoms with Gasteiger partial charge in [-0.05, 0) is 24.8 Å². The van der Waals surface area contributed by atoms with Gasteiger partial charge in [-0.1, -0.05) is 49.4 Å². The number of hydrogen-bond donors (Lipinski definition) is 0. The third kappa shape index (κ3) is 3.84. The Balaban J connectivity index is 1.87. The molecule has 0 saturated heterocycles. The number of rotatable bonds is 4. The van der Waals surface area contributed by atoms with Gasteiger partial charge in [0.15, 0.2) is 0 Å². The summed E-state index contributed by atoms with van der Waals surface area (Å²) in [7, 11) is 0. The van der Waals surface area contributed by atoms with E-state index < -0.39 is 0 Å². The minimum Gasteiger partial charge on any atom is -0.373 e. The van der Waals surface area contributed by atoms with E-state index in [2.05, 4.69) is 11.9 Å². The molecule has 1 fully saturated rings. The molecule has 0 radical (unpaired) electrons. The van der Waals surface area contributed by atoms with Crippen LogP contribution in [0.3, 0.4) is 0 Å². The first-order valence-electron chi connectivity index (χ1n) is 6.60. The van der Waals surface area contributed by atoms with Crippen LogP contribution in [-0.4, -0.2) is 11.1 Å². The van der Waals surface area contributed by atoms with E-state index in [0.29, 0.717) is 22.9 Å². The fraction of sp³-hybridized carbons (Fsp3) is 0.643. The minimum atomic E-state index is 0.371. The van der Waals surface area contributed by atoms with Crippen molar-refractivity contribution in [2.24, 2.45) is 5.92 Å². The van der Waals surface area contributed by atoms with E-state index in [9.17, 15) is 0 Å². The molecule has 1 aliphatic rings. The molecular weight excluding hydrogens is 269 g/mol. The molecule has 0 aromatic carbocycles. The molecule has 1 aliphatic carbocycles. The zero-order valence-corrected chi connectivity index (χ0v) is 12.2. The fourth-order valence-electron chi connectivity index (χ4n) is 2.51. The summed E-state index contributed by atoms with van der Waals surface area (Å²) in [5.41, 5.74) is 0.916. The van der Waals surface area contributed by atoms with Gasteiger partial charge in [-0.25, -0.2) is 4.98 Å². The molecule has 2 rings (SSSR count). The zero-order chi connectivity index (χ0) is 13.0. The first-order valence-corrected chi connectivity index (χ1v) is 7.36. The standard InChI is InChI=1S/C14H19Cl2NO/c1-2-10-4-3-5-12(6-10)18-9-11-8-17-14(16)7-13(11)15/h7-8,10,12H,2-6,9H2,1H3. The predicted molar refractivity (Wildman–Crippen MR) is 75.1 cm³/mol. The van der Waals surface area contributed by atoms with Crippen molar-refractivity contribution in [2.75, 3.05) is 0 Å². The SMILES string of the molecule is CCC1CCCC(OCc2cnc(Cl)cc2Cl)C1. The summed E-state index contributed by atoms with van der Waals surface area (Å²) in [5.74, 6) is 0.822. The molecule has 2 atom stereocenters.